The van der Waals surface area contributed by atoms with Gasteiger partial charge < -0.3 is 4.90 Å². The number of nitrogens with zero attached hydrogens (tertiary/aromatic N) is 2. The quantitative estimate of drug-likeness (QED) is 0.896. The fraction of sp³-hybridized carbons (Fsp3) is 0.450. The summed E-state index contributed by atoms with van der Waals surface area (Å²) in [5.41, 5.74) is 2.63. The van der Waals surface area contributed by atoms with E-state index in [-0.39, 0.29) is 17.7 Å². The van der Waals surface area contributed by atoms with E-state index in [2.05, 4.69) is 10.3 Å². The molecular weight excluding hydrogens is 346 g/mol. The first-order valence-corrected chi connectivity index (χ1v) is 10.1. The van der Waals surface area contributed by atoms with Crippen LogP contribution >= 0.6 is 11.3 Å². The van der Waals surface area contributed by atoms with Crippen molar-refractivity contribution in [1.82, 2.24) is 9.88 Å². The Morgan fingerprint density at radius 2 is 1.88 bits per heavy atom. The highest BCUT2D eigenvalue weighted by Crippen LogP contribution is 2.38. The van der Waals surface area contributed by atoms with Crippen LogP contribution in [0, 0.1) is 6.92 Å². The van der Waals surface area contributed by atoms with Gasteiger partial charge in [-0.1, -0.05) is 17.7 Å². The third-order valence-electron chi connectivity index (χ3n) is 5.20. The van der Waals surface area contributed by atoms with Crippen molar-refractivity contribution in [3.05, 3.63) is 46.0 Å². The van der Waals surface area contributed by atoms with Crippen molar-refractivity contribution in [1.29, 1.82) is 0 Å². The van der Waals surface area contributed by atoms with Crippen molar-refractivity contribution in [2.45, 2.75) is 44.9 Å². The Labute approximate surface area is 157 Å². The summed E-state index contributed by atoms with van der Waals surface area (Å²) < 4.78 is 0. The minimum atomic E-state index is -0.154. The molecule has 6 heteroatoms. The molecule has 0 radical (unpaired) electrons. The van der Waals surface area contributed by atoms with Gasteiger partial charge in [0.15, 0.2) is 5.13 Å². The number of thiazole rings is 1. The number of anilines is 1. The minimum Gasteiger partial charge on any atom is -0.342 e. The van der Waals surface area contributed by atoms with E-state index in [9.17, 15) is 9.59 Å². The number of nitrogens with one attached hydrogen (secondary N) is 1. The molecule has 26 heavy (non-hydrogen) atoms. The van der Waals surface area contributed by atoms with E-state index >= 15 is 0 Å². The largest absolute Gasteiger partial charge is 0.342 e. The maximum absolute atomic E-state index is 12.9. The number of benzene rings is 1. The van der Waals surface area contributed by atoms with Gasteiger partial charge in [0.25, 0.3) is 5.91 Å². The van der Waals surface area contributed by atoms with Crippen LogP contribution < -0.4 is 5.32 Å². The van der Waals surface area contributed by atoms with Gasteiger partial charge in [-0.2, -0.15) is 0 Å². The topological polar surface area (TPSA) is 62.3 Å². The summed E-state index contributed by atoms with van der Waals surface area (Å²) in [5, 5.41) is 3.51. The molecule has 0 bridgehead atoms. The molecule has 2 aliphatic rings. The van der Waals surface area contributed by atoms with Crippen LogP contribution in [-0.2, 0) is 11.2 Å². The molecule has 1 atom stereocenters. The van der Waals surface area contributed by atoms with Crippen LogP contribution in [0.4, 0.5) is 5.13 Å². The van der Waals surface area contributed by atoms with Crippen LogP contribution in [0.15, 0.2) is 24.3 Å². The van der Waals surface area contributed by atoms with Crippen molar-refractivity contribution in [3.8, 4) is 0 Å². The van der Waals surface area contributed by atoms with Gasteiger partial charge in [0.1, 0.15) is 0 Å². The molecule has 1 N–H and O–H groups in total. The highest BCUT2D eigenvalue weighted by Gasteiger charge is 2.34. The van der Waals surface area contributed by atoms with E-state index in [0.29, 0.717) is 10.7 Å². The highest BCUT2D eigenvalue weighted by atomic mass is 32.1. The Morgan fingerprint density at radius 1 is 1.15 bits per heavy atom. The molecule has 2 amide bonds. The van der Waals surface area contributed by atoms with Crippen molar-refractivity contribution in [2.75, 3.05) is 18.4 Å². The van der Waals surface area contributed by atoms with Crippen LogP contribution in [0.3, 0.4) is 0 Å². The number of rotatable bonds is 3. The number of aromatic nitrogens is 1. The van der Waals surface area contributed by atoms with E-state index in [1.807, 2.05) is 36.1 Å². The Hall–Kier alpha value is -2.21. The molecule has 2 heterocycles. The van der Waals surface area contributed by atoms with Crippen molar-refractivity contribution in [2.24, 2.45) is 0 Å². The summed E-state index contributed by atoms with van der Waals surface area (Å²) in [5.74, 6) is -0.0817. The molecule has 0 saturated carbocycles. The molecule has 1 fully saturated rings. The first kappa shape index (κ1) is 17.2. The summed E-state index contributed by atoms with van der Waals surface area (Å²) in [6, 6.07) is 7.48. The van der Waals surface area contributed by atoms with Gasteiger partial charge in [-0.25, -0.2) is 4.98 Å². The zero-order chi connectivity index (χ0) is 18.1. The van der Waals surface area contributed by atoms with Gasteiger partial charge >= 0.3 is 0 Å². The summed E-state index contributed by atoms with van der Waals surface area (Å²) in [7, 11) is 0. The van der Waals surface area contributed by atoms with Crippen LogP contribution in [0.25, 0.3) is 0 Å². The Kier molecular flexibility index (Phi) is 4.76. The molecular formula is C20H23N3O2S. The Balaban J connectivity index is 1.52. The normalized spacial score (nSPS) is 19.3. The fourth-order valence-electron chi connectivity index (χ4n) is 3.74. The van der Waals surface area contributed by atoms with Crippen LogP contribution in [-0.4, -0.2) is 34.8 Å². The second kappa shape index (κ2) is 7.19. The van der Waals surface area contributed by atoms with Crippen molar-refractivity contribution < 1.29 is 9.59 Å². The number of carbonyl (C=O) groups is 2. The maximum Gasteiger partial charge on any atom is 0.257 e. The second-order valence-electron chi connectivity index (χ2n) is 7.12. The highest BCUT2D eigenvalue weighted by molar-refractivity contribution is 7.15. The van der Waals surface area contributed by atoms with E-state index in [0.717, 1.165) is 61.3 Å². The number of likely N-dealkylation sites (tertiary alicyclic amines) is 1. The van der Waals surface area contributed by atoms with Crippen LogP contribution in [0.2, 0.25) is 0 Å². The van der Waals surface area contributed by atoms with E-state index in [1.165, 1.54) is 11.3 Å². The van der Waals surface area contributed by atoms with Gasteiger partial charge in [-0.3, -0.25) is 14.9 Å². The van der Waals surface area contributed by atoms with Crippen molar-refractivity contribution >= 4 is 28.3 Å². The number of amides is 2. The first-order chi connectivity index (χ1) is 12.6. The predicted molar refractivity (Wildman–Crippen MR) is 103 cm³/mol. The zero-order valence-corrected chi connectivity index (χ0v) is 15.8. The standard InChI is InChI=1S/C20H23N3O2S/c1-13-7-9-14(10-8-13)18(24)22-20-21-17-15(5-4-6-16(17)26-20)19(25)23-11-2-3-12-23/h7-10,15H,2-6,11-12H2,1H3,(H,21,22,24). The van der Waals surface area contributed by atoms with Gasteiger partial charge in [-0.05, 0) is 51.2 Å². The lowest BCUT2D eigenvalue weighted by atomic mass is 9.90. The number of hydrogen-bond acceptors (Lipinski definition) is 4. The van der Waals surface area contributed by atoms with E-state index in [4.69, 9.17) is 0 Å². The Morgan fingerprint density at radius 3 is 2.62 bits per heavy atom. The smallest absolute Gasteiger partial charge is 0.257 e. The molecule has 1 aliphatic heterocycles. The lowest BCUT2D eigenvalue weighted by molar-refractivity contribution is -0.132. The van der Waals surface area contributed by atoms with Crippen LogP contribution in [0.1, 0.15) is 58.1 Å². The molecule has 4 rings (SSSR count). The first-order valence-electron chi connectivity index (χ1n) is 9.28. The van der Waals surface area contributed by atoms with E-state index in [1.54, 1.807) is 0 Å². The molecule has 5 nitrogen and oxygen atoms in total. The molecule has 1 saturated heterocycles. The van der Waals surface area contributed by atoms with Crippen molar-refractivity contribution in [3.63, 3.8) is 0 Å². The van der Waals surface area contributed by atoms with Crippen LogP contribution in [0.5, 0.6) is 0 Å². The molecule has 1 aromatic carbocycles. The van der Waals surface area contributed by atoms with Gasteiger partial charge in [0.05, 0.1) is 11.6 Å². The molecule has 2 aromatic rings. The number of fused-ring (bicyclic) bond motifs is 1. The second-order valence-corrected chi connectivity index (χ2v) is 8.21. The molecule has 1 aromatic heterocycles. The summed E-state index contributed by atoms with van der Waals surface area (Å²) in [6.45, 7) is 3.73. The summed E-state index contributed by atoms with van der Waals surface area (Å²) in [4.78, 5) is 33.1. The molecule has 1 aliphatic carbocycles. The zero-order valence-electron chi connectivity index (χ0n) is 15.0. The molecule has 0 spiro atoms. The maximum atomic E-state index is 12.9. The lowest BCUT2D eigenvalue weighted by Crippen LogP contribution is -2.34. The summed E-state index contributed by atoms with van der Waals surface area (Å²) >= 11 is 1.51. The third-order valence-corrected chi connectivity index (χ3v) is 6.25. The summed E-state index contributed by atoms with van der Waals surface area (Å²) in [6.07, 6.45) is 5.00. The average molecular weight is 369 g/mol. The monoisotopic (exact) mass is 369 g/mol. The average Bonchev–Trinajstić information content (AvgIpc) is 3.30. The molecule has 136 valence electrons. The number of hydrogen-bond donors (Lipinski definition) is 1. The van der Waals surface area contributed by atoms with Gasteiger partial charge in [0.2, 0.25) is 5.91 Å². The lowest BCUT2D eigenvalue weighted by Gasteiger charge is -2.25. The Bertz CT molecular complexity index is 822. The minimum absolute atomic E-state index is 0.141. The number of aryl methyl sites for hydroxylation is 2. The fourth-order valence-corrected chi connectivity index (χ4v) is 4.80. The predicted octanol–water partition coefficient (Wildman–Crippen LogP) is 3.75. The third kappa shape index (κ3) is 3.38. The SMILES string of the molecule is Cc1ccc(C(=O)Nc2nc3c(s2)CCCC3C(=O)N2CCCC2)cc1. The number of carbonyl (C=O) groups excluding carboxylic acids is 2. The molecule has 1 unspecified atom stereocenters. The van der Waals surface area contributed by atoms with Gasteiger partial charge in [-0.15, -0.1) is 11.3 Å². The van der Waals surface area contributed by atoms with E-state index < -0.39 is 0 Å². The van der Waals surface area contributed by atoms with Gasteiger partial charge in [0, 0.05) is 23.5 Å².